The molecule has 1 heterocycles. The minimum Gasteiger partial charge on any atom is -0.453 e. The van der Waals surface area contributed by atoms with Crippen LogP contribution in [-0.4, -0.2) is 43.5 Å². The topological polar surface area (TPSA) is 47.6 Å². The first kappa shape index (κ1) is 18.0. The number of rotatable bonds is 4. The molecule has 1 aliphatic rings. The monoisotopic (exact) mass is 351 g/mol. The van der Waals surface area contributed by atoms with Gasteiger partial charge in [-0.15, -0.1) is 0 Å². The lowest BCUT2D eigenvalue weighted by atomic mass is 10.0. The number of alkyl halides is 3. The Hall–Kier alpha value is -1.31. The van der Waals surface area contributed by atoms with Crippen LogP contribution >= 0.6 is 11.6 Å². The molecule has 0 spiro atoms. The van der Waals surface area contributed by atoms with Crippen LogP contribution in [0.3, 0.4) is 0 Å². The maximum atomic E-state index is 12.2. The van der Waals surface area contributed by atoms with Crippen LogP contribution < -0.4 is 5.32 Å². The van der Waals surface area contributed by atoms with E-state index in [2.05, 4.69) is 10.1 Å². The summed E-state index contributed by atoms with van der Waals surface area (Å²) in [4.78, 5) is 10.8. The number of halogens is 4. The van der Waals surface area contributed by atoms with Crippen molar-refractivity contribution in [1.82, 2.24) is 5.32 Å². The summed E-state index contributed by atoms with van der Waals surface area (Å²) in [6.07, 6.45) is -5.87. The second-order valence-corrected chi connectivity index (χ2v) is 5.85. The second-order valence-electron chi connectivity index (χ2n) is 5.42. The van der Waals surface area contributed by atoms with Gasteiger partial charge in [0.2, 0.25) is 0 Å². The molecule has 23 heavy (non-hydrogen) atoms. The van der Waals surface area contributed by atoms with Gasteiger partial charge >= 0.3 is 12.1 Å². The van der Waals surface area contributed by atoms with Crippen LogP contribution in [0, 0.1) is 0 Å². The third-order valence-electron chi connectivity index (χ3n) is 3.56. The van der Waals surface area contributed by atoms with Crippen LogP contribution in [0.25, 0.3) is 0 Å². The van der Waals surface area contributed by atoms with E-state index in [4.69, 9.17) is 16.3 Å². The Morgan fingerprint density at radius 1 is 1.43 bits per heavy atom. The largest absolute Gasteiger partial charge is 0.490 e. The molecule has 1 fully saturated rings. The summed E-state index contributed by atoms with van der Waals surface area (Å²) >= 11 is 5.82. The molecule has 8 heteroatoms. The zero-order valence-corrected chi connectivity index (χ0v) is 13.2. The second kappa shape index (κ2) is 7.51. The summed E-state index contributed by atoms with van der Waals surface area (Å²) in [5, 5.41) is 3.85. The maximum Gasteiger partial charge on any atom is 0.490 e. The number of carbonyl (C=O) groups excluding carboxylic acids is 1. The Bertz CT molecular complexity index is 528. The number of ether oxygens (including phenoxy) is 2. The van der Waals surface area contributed by atoms with Crippen LogP contribution in [0.4, 0.5) is 13.2 Å². The molecule has 1 saturated heterocycles. The van der Waals surface area contributed by atoms with E-state index in [1.165, 1.54) is 6.92 Å². The van der Waals surface area contributed by atoms with Crippen molar-refractivity contribution in [2.75, 3.05) is 13.2 Å². The van der Waals surface area contributed by atoms with Gasteiger partial charge in [0, 0.05) is 17.6 Å². The van der Waals surface area contributed by atoms with Crippen molar-refractivity contribution in [3.8, 4) is 0 Å². The van der Waals surface area contributed by atoms with Gasteiger partial charge in [-0.05, 0) is 31.0 Å². The molecule has 1 aromatic carbocycles. The fourth-order valence-corrected chi connectivity index (χ4v) is 2.42. The first-order chi connectivity index (χ1) is 10.8. The number of benzene rings is 1. The average Bonchev–Trinajstić information content (AvgIpc) is 2.49. The molecule has 0 bridgehead atoms. The van der Waals surface area contributed by atoms with E-state index in [-0.39, 0.29) is 6.04 Å². The van der Waals surface area contributed by atoms with E-state index in [9.17, 15) is 18.0 Å². The number of esters is 1. The lowest BCUT2D eigenvalue weighted by Gasteiger charge is -2.33. The summed E-state index contributed by atoms with van der Waals surface area (Å²) in [6.45, 7) is 2.02. The van der Waals surface area contributed by atoms with Crippen molar-refractivity contribution >= 4 is 17.6 Å². The Labute approximate surface area is 136 Å². The standard InChI is InChI=1S/C15H17ClF3NO3/c1-9(23-14(21)15(17,18)19)13-7-20-12(8-22-13)6-10-2-4-11(16)5-3-10/h2-5,9,12-13,20H,6-8H2,1H3/t9-,12+,13-/m1/s1. The van der Waals surface area contributed by atoms with E-state index in [0.717, 1.165) is 5.56 Å². The highest BCUT2D eigenvalue weighted by Gasteiger charge is 2.43. The molecule has 2 rings (SSSR count). The van der Waals surface area contributed by atoms with Crippen molar-refractivity contribution in [3.63, 3.8) is 0 Å². The quantitative estimate of drug-likeness (QED) is 0.847. The Morgan fingerprint density at radius 3 is 2.61 bits per heavy atom. The van der Waals surface area contributed by atoms with Gasteiger partial charge in [0.05, 0.1) is 6.61 Å². The average molecular weight is 352 g/mol. The highest BCUT2D eigenvalue weighted by molar-refractivity contribution is 6.30. The molecule has 0 aromatic heterocycles. The Morgan fingerprint density at radius 2 is 2.09 bits per heavy atom. The molecule has 1 aliphatic heterocycles. The number of morpholine rings is 1. The predicted octanol–water partition coefficient (Wildman–Crippen LogP) is 2.73. The molecule has 3 atom stereocenters. The van der Waals surface area contributed by atoms with Gasteiger partial charge in [-0.2, -0.15) is 13.2 Å². The number of nitrogens with one attached hydrogen (secondary N) is 1. The van der Waals surface area contributed by atoms with E-state index in [1.807, 2.05) is 12.1 Å². The molecule has 0 radical (unpaired) electrons. The third kappa shape index (κ3) is 5.37. The maximum absolute atomic E-state index is 12.2. The highest BCUT2D eigenvalue weighted by Crippen LogP contribution is 2.20. The number of hydrogen-bond donors (Lipinski definition) is 1. The fraction of sp³-hybridized carbons (Fsp3) is 0.533. The molecule has 0 aliphatic carbocycles. The zero-order valence-electron chi connectivity index (χ0n) is 12.4. The van der Waals surface area contributed by atoms with Crippen molar-refractivity contribution in [2.24, 2.45) is 0 Å². The summed E-state index contributed by atoms with van der Waals surface area (Å²) in [7, 11) is 0. The van der Waals surface area contributed by atoms with Gasteiger partial charge in [0.15, 0.2) is 0 Å². The van der Waals surface area contributed by atoms with Crippen molar-refractivity contribution in [1.29, 1.82) is 0 Å². The lowest BCUT2D eigenvalue weighted by Crippen LogP contribution is -2.52. The normalized spacial score (nSPS) is 23.3. The van der Waals surface area contributed by atoms with Gasteiger partial charge in [-0.1, -0.05) is 23.7 Å². The van der Waals surface area contributed by atoms with Crippen molar-refractivity contribution < 1.29 is 27.4 Å². The predicted molar refractivity (Wildman–Crippen MR) is 78.3 cm³/mol. The van der Waals surface area contributed by atoms with Crippen molar-refractivity contribution in [3.05, 3.63) is 34.9 Å². The van der Waals surface area contributed by atoms with Crippen LogP contribution in [0.1, 0.15) is 12.5 Å². The van der Waals surface area contributed by atoms with Gasteiger partial charge in [-0.3, -0.25) is 0 Å². The zero-order chi connectivity index (χ0) is 17.0. The molecule has 4 nitrogen and oxygen atoms in total. The number of carbonyl (C=O) groups is 1. The molecular weight excluding hydrogens is 335 g/mol. The minimum absolute atomic E-state index is 0.0398. The van der Waals surface area contributed by atoms with Gasteiger partial charge < -0.3 is 14.8 Å². The molecule has 1 N–H and O–H groups in total. The smallest absolute Gasteiger partial charge is 0.453 e. The first-order valence-electron chi connectivity index (χ1n) is 7.13. The molecule has 0 amide bonds. The van der Waals surface area contributed by atoms with E-state index in [1.54, 1.807) is 12.1 Å². The van der Waals surface area contributed by atoms with Crippen LogP contribution in [-0.2, 0) is 20.7 Å². The summed E-state index contributed by atoms with van der Waals surface area (Å²) in [5.41, 5.74) is 1.07. The fourth-order valence-electron chi connectivity index (χ4n) is 2.29. The van der Waals surface area contributed by atoms with Crippen molar-refractivity contribution in [2.45, 2.75) is 37.8 Å². The molecule has 128 valence electrons. The summed E-state index contributed by atoms with van der Waals surface area (Å²) < 4.78 is 46.4. The summed E-state index contributed by atoms with van der Waals surface area (Å²) in [5.74, 6) is -2.20. The van der Waals surface area contributed by atoms with E-state index < -0.39 is 24.4 Å². The molecule has 0 unspecified atom stereocenters. The van der Waals surface area contributed by atoms with Gasteiger partial charge in [-0.25, -0.2) is 4.79 Å². The van der Waals surface area contributed by atoms with Gasteiger partial charge in [0.1, 0.15) is 12.2 Å². The number of hydrogen-bond acceptors (Lipinski definition) is 4. The molecule has 0 saturated carbocycles. The molecule has 1 aromatic rings. The van der Waals surface area contributed by atoms with Crippen LogP contribution in [0.2, 0.25) is 5.02 Å². The Kier molecular flexibility index (Phi) is 5.89. The Balaban J connectivity index is 1.79. The van der Waals surface area contributed by atoms with E-state index in [0.29, 0.717) is 24.6 Å². The minimum atomic E-state index is -4.99. The summed E-state index contributed by atoms with van der Waals surface area (Å²) in [6, 6.07) is 7.44. The van der Waals surface area contributed by atoms with Crippen LogP contribution in [0.15, 0.2) is 24.3 Å². The third-order valence-corrected chi connectivity index (χ3v) is 3.81. The lowest BCUT2D eigenvalue weighted by molar-refractivity contribution is -0.210. The first-order valence-corrected chi connectivity index (χ1v) is 7.50. The van der Waals surface area contributed by atoms with Gasteiger partial charge in [0.25, 0.3) is 0 Å². The SMILES string of the molecule is C[C@@H](OC(=O)C(F)(F)F)[C@H]1CN[C@@H](Cc2ccc(Cl)cc2)CO1. The van der Waals surface area contributed by atoms with Crippen LogP contribution in [0.5, 0.6) is 0 Å². The van der Waals surface area contributed by atoms with E-state index >= 15 is 0 Å². The molecular formula is C15H17ClF3NO3. The highest BCUT2D eigenvalue weighted by atomic mass is 35.5.